The zero-order chi connectivity index (χ0) is 14.7. The summed E-state index contributed by atoms with van der Waals surface area (Å²) in [6.45, 7) is 3.61. The van der Waals surface area contributed by atoms with Crippen LogP contribution in [0, 0.1) is 0 Å². The number of nitrogens with zero attached hydrogens (tertiary/aromatic N) is 3. The van der Waals surface area contributed by atoms with Gasteiger partial charge in [-0.05, 0) is 30.9 Å². The summed E-state index contributed by atoms with van der Waals surface area (Å²) in [6.07, 6.45) is 3.95. The monoisotopic (exact) mass is 286 g/mol. The van der Waals surface area contributed by atoms with Gasteiger partial charge in [-0.2, -0.15) is 0 Å². The van der Waals surface area contributed by atoms with E-state index in [1.165, 1.54) is 11.1 Å². The number of aromatic nitrogens is 3. The van der Waals surface area contributed by atoms with Crippen molar-refractivity contribution in [3.8, 4) is 0 Å². The summed E-state index contributed by atoms with van der Waals surface area (Å²) >= 11 is 0. The second-order valence-electron chi connectivity index (χ2n) is 5.64. The van der Waals surface area contributed by atoms with Crippen molar-refractivity contribution in [2.45, 2.75) is 38.4 Å². The highest BCUT2D eigenvalue weighted by Gasteiger charge is 2.24. The van der Waals surface area contributed by atoms with Crippen molar-refractivity contribution in [2.24, 2.45) is 0 Å². The van der Waals surface area contributed by atoms with Crippen molar-refractivity contribution < 1.29 is 4.74 Å². The summed E-state index contributed by atoms with van der Waals surface area (Å²) < 4.78 is 7.19. The van der Waals surface area contributed by atoms with Gasteiger partial charge < -0.3 is 14.6 Å². The number of ether oxygens (including phenoxy) is 1. The van der Waals surface area contributed by atoms with Crippen molar-refractivity contribution in [2.75, 3.05) is 13.7 Å². The van der Waals surface area contributed by atoms with Crippen molar-refractivity contribution in [1.82, 2.24) is 20.1 Å². The molecule has 0 aliphatic heterocycles. The van der Waals surface area contributed by atoms with Crippen molar-refractivity contribution in [3.05, 3.63) is 47.5 Å². The lowest BCUT2D eigenvalue weighted by Crippen LogP contribution is -2.33. The zero-order valence-corrected chi connectivity index (χ0v) is 12.6. The Morgan fingerprint density at radius 1 is 1.33 bits per heavy atom. The molecule has 0 amide bonds. The minimum Gasteiger partial charge on any atom is -0.383 e. The first kappa shape index (κ1) is 14.2. The number of methoxy groups -OCH3 is 1. The van der Waals surface area contributed by atoms with Gasteiger partial charge in [0.1, 0.15) is 12.2 Å². The van der Waals surface area contributed by atoms with Crippen LogP contribution in [-0.2, 0) is 24.1 Å². The maximum Gasteiger partial charge on any atom is 0.149 e. The lowest BCUT2D eigenvalue weighted by molar-refractivity contribution is 0.185. The van der Waals surface area contributed by atoms with Gasteiger partial charge in [0.05, 0.1) is 12.6 Å². The molecule has 1 aliphatic rings. The fourth-order valence-electron chi connectivity index (χ4n) is 3.07. The van der Waals surface area contributed by atoms with E-state index in [-0.39, 0.29) is 6.04 Å². The molecule has 1 atom stereocenters. The van der Waals surface area contributed by atoms with E-state index in [1.54, 1.807) is 13.4 Å². The number of nitrogens with one attached hydrogen (secondary N) is 1. The lowest BCUT2D eigenvalue weighted by Gasteiger charge is -2.19. The maximum absolute atomic E-state index is 5.13. The average Bonchev–Trinajstić information content (AvgIpc) is 3.10. The van der Waals surface area contributed by atoms with Crippen LogP contribution in [0.2, 0.25) is 0 Å². The molecular weight excluding hydrogens is 264 g/mol. The third kappa shape index (κ3) is 3.14. The van der Waals surface area contributed by atoms with Crippen LogP contribution in [-0.4, -0.2) is 34.5 Å². The second-order valence-corrected chi connectivity index (χ2v) is 5.64. The summed E-state index contributed by atoms with van der Waals surface area (Å²) in [4.78, 5) is 0. The molecule has 0 saturated carbocycles. The largest absolute Gasteiger partial charge is 0.383 e. The average molecular weight is 286 g/mol. The summed E-state index contributed by atoms with van der Waals surface area (Å²) in [5.74, 6) is 0.975. The van der Waals surface area contributed by atoms with Crippen molar-refractivity contribution in [1.29, 1.82) is 0 Å². The zero-order valence-electron chi connectivity index (χ0n) is 12.6. The Bertz CT molecular complexity index is 570. The standard InChI is InChI=1S/C16H22N4O/c1-12(16-19-17-11-20(16)7-8-21-2)18-15-9-13-5-3-4-6-14(13)10-15/h3-6,11-12,15,18H,7-10H2,1-2H3/t12-/m1/s1. The Labute approximate surface area is 125 Å². The molecule has 0 spiro atoms. The van der Waals surface area contributed by atoms with Crippen molar-refractivity contribution >= 4 is 0 Å². The molecule has 3 rings (SSSR count). The fourth-order valence-corrected chi connectivity index (χ4v) is 3.07. The van der Waals surface area contributed by atoms with E-state index in [9.17, 15) is 0 Å². The first-order valence-corrected chi connectivity index (χ1v) is 7.47. The number of rotatable bonds is 6. The Morgan fingerprint density at radius 2 is 2.05 bits per heavy atom. The summed E-state index contributed by atoms with van der Waals surface area (Å²) in [6, 6.07) is 9.34. The van der Waals surface area contributed by atoms with Crippen LogP contribution in [0.1, 0.15) is 29.9 Å². The fraction of sp³-hybridized carbons (Fsp3) is 0.500. The van der Waals surface area contributed by atoms with E-state index in [4.69, 9.17) is 4.74 Å². The highest BCUT2D eigenvalue weighted by molar-refractivity contribution is 5.33. The summed E-state index contributed by atoms with van der Waals surface area (Å²) in [7, 11) is 1.71. The van der Waals surface area contributed by atoms with Gasteiger partial charge in [0, 0.05) is 19.7 Å². The van der Waals surface area contributed by atoms with Gasteiger partial charge in [-0.25, -0.2) is 0 Å². The molecule has 1 N–H and O–H groups in total. The third-order valence-electron chi connectivity index (χ3n) is 4.11. The maximum atomic E-state index is 5.13. The van der Waals surface area contributed by atoms with Crippen LogP contribution in [0.5, 0.6) is 0 Å². The molecule has 2 aromatic rings. The first-order chi connectivity index (χ1) is 10.3. The predicted molar refractivity (Wildman–Crippen MR) is 81.1 cm³/mol. The van der Waals surface area contributed by atoms with Gasteiger partial charge in [0.2, 0.25) is 0 Å². The number of hydrogen-bond acceptors (Lipinski definition) is 4. The van der Waals surface area contributed by atoms with Crippen LogP contribution in [0.25, 0.3) is 0 Å². The van der Waals surface area contributed by atoms with Gasteiger partial charge in [-0.15, -0.1) is 10.2 Å². The molecule has 1 heterocycles. The number of benzene rings is 1. The Balaban J connectivity index is 1.63. The van der Waals surface area contributed by atoms with Crippen LogP contribution in [0.4, 0.5) is 0 Å². The van der Waals surface area contributed by atoms with Crippen LogP contribution in [0.3, 0.4) is 0 Å². The Morgan fingerprint density at radius 3 is 2.71 bits per heavy atom. The molecule has 5 nitrogen and oxygen atoms in total. The lowest BCUT2D eigenvalue weighted by atomic mass is 10.1. The van der Waals surface area contributed by atoms with E-state index >= 15 is 0 Å². The van der Waals surface area contributed by atoms with Gasteiger partial charge in [0.15, 0.2) is 0 Å². The molecule has 1 aliphatic carbocycles. The second kappa shape index (κ2) is 6.37. The summed E-state index contributed by atoms with van der Waals surface area (Å²) in [5.41, 5.74) is 2.92. The van der Waals surface area contributed by atoms with Gasteiger partial charge in [-0.1, -0.05) is 24.3 Å². The van der Waals surface area contributed by atoms with Crippen molar-refractivity contribution in [3.63, 3.8) is 0 Å². The normalized spacial score (nSPS) is 16.1. The molecule has 0 unspecified atom stereocenters. The van der Waals surface area contributed by atoms with Gasteiger partial charge in [0.25, 0.3) is 0 Å². The molecular formula is C16H22N4O. The Hall–Kier alpha value is -1.72. The molecule has 1 aromatic carbocycles. The SMILES string of the molecule is COCCn1cnnc1[C@@H](C)NC1Cc2ccccc2C1. The third-order valence-corrected chi connectivity index (χ3v) is 4.11. The number of hydrogen-bond donors (Lipinski definition) is 1. The quantitative estimate of drug-likeness (QED) is 0.879. The van der Waals surface area contributed by atoms with E-state index < -0.39 is 0 Å². The smallest absolute Gasteiger partial charge is 0.149 e. The van der Waals surface area contributed by atoms with E-state index in [1.807, 2.05) is 0 Å². The summed E-state index contributed by atoms with van der Waals surface area (Å²) in [5, 5.41) is 12.0. The molecule has 21 heavy (non-hydrogen) atoms. The molecule has 0 bridgehead atoms. The number of fused-ring (bicyclic) bond motifs is 1. The van der Waals surface area contributed by atoms with Crippen LogP contribution in [0.15, 0.2) is 30.6 Å². The topological polar surface area (TPSA) is 52.0 Å². The first-order valence-electron chi connectivity index (χ1n) is 7.47. The van der Waals surface area contributed by atoms with E-state index in [2.05, 4.69) is 51.3 Å². The van der Waals surface area contributed by atoms with E-state index in [0.29, 0.717) is 12.6 Å². The van der Waals surface area contributed by atoms with Gasteiger partial charge >= 0.3 is 0 Å². The molecule has 112 valence electrons. The minimum absolute atomic E-state index is 0.184. The van der Waals surface area contributed by atoms with Crippen LogP contribution >= 0.6 is 0 Å². The Kier molecular flexibility index (Phi) is 4.31. The molecule has 1 aromatic heterocycles. The molecule has 0 radical (unpaired) electrons. The molecule has 0 saturated heterocycles. The molecule has 5 heteroatoms. The molecule has 0 fully saturated rings. The highest BCUT2D eigenvalue weighted by Crippen LogP contribution is 2.23. The van der Waals surface area contributed by atoms with E-state index in [0.717, 1.165) is 25.2 Å². The highest BCUT2D eigenvalue weighted by atomic mass is 16.5. The van der Waals surface area contributed by atoms with Crippen LogP contribution < -0.4 is 5.32 Å². The predicted octanol–water partition coefficient (Wildman–Crippen LogP) is 1.74. The minimum atomic E-state index is 0.184. The van der Waals surface area contributed by atoms with Gasteiger partial charge in [-0.3, -0.25) is 0 Å².